The minimum Gasteiger partial charge on any atom is -0.394 e. The fourth-order valence-electron chi connectivity index (χ4n) is 10.6. The van der Waals surface area contributed by atoms with Crippen LogP contribution in [0.3, 0.4) is 0 Å². The SMILES string of the molecule is O=S(=O)(O)O[C@@H]1[C@H](O[C@H]2O[C@@H]3CO[C@@H]([C@H]3O)[C@H]2O)[C@@H](O)[C@H](O[C@@H]2[C@@H]3OC[C@H]2O[C@H](O[C@@H]2[C@@H](O)[C@H](O[C@@H]4[C@@H]5OC[C@H]4O[C@H](O[C@H]4[C@@H](OS(=O)(=O)O)[C@@H](CO)OC(O)[C@@H]4O)[C@@H]5O)O[C@H](CO)[C@@H]2OS(=O)(=O)O)[C@@H]3OS(=O)(=O)O)O[C@@H]1CO. The minimum absolute atomic E-state index is 0.248. The third kappa shape index (κ3) is 13.5. The average Bonchev–Trinajstić information content (AvgIpc) is 3.94. The van der Waals surface area contributed by atoms with Crippen molar-refractivity contribution in [3.8, 4) is 0 Å². The number of hydrogen-bond acceptors (Lipinski definition) is 36. The molecule has 1 unspecified atom stereocenters. The van der Waals surface area contributed by atoms with E-state index in [0.717, 1.165) is 0 Å². The van der Waals surface area contributed by atoms with Gasteiger partial charge in [-0.25, -0.2) is 16.7 Å². The Balaban J connectivity index is 0.939. The summed E-state index contributed by atoms with van der Waals surface area (Å²) in [6.07, 6.45) is -58.3. The molecule has 9 rings (SSSR count). The zero-order valence-electron chi connectivity index (χ0n) is 40.1. The number of fused-ring (bicyclic) bond motifs is 6. The van der Waals surface area contributed by atoms with Crippen molar-refractivity contribution in [1.82, 2.24) is 0 Å². The zero-order valence-corrected chi connectivity index (χ0v) is 43.3. The Bertz CT molecular complexity index is 2580. The Labute approximate surface area is 450 Å². The second-order valence-corrected chi connectivity index (χ2v) is 23.3. The van der Waals surface area contributed by atoms with Crippen molar-refractivity contribution in [2.24, 2.45) is 0 Å². The van der Waals surface area contributed by atoms with Crippen molar-refractivity contribution < 1.29 is 186 Å². The molecule has 0 aromatic carbocycles. The van der Waals surface area contributed by atoms with Gasteiger partial charge in [0.2, 0.25) is 0 Å². The summed E-state index contributed by atoms with van der Waals surface area (Å²) >= 11 is 0. The van der Waals surface area contributed by atoms with E-state index >= 15 is 0 Å². The summed E-state index contributed by atoms with van der Waals surface area (Å²) in [4.78, 5) is 0. The molecule has 464 valence electrons. The predicted octanol–water partition coefficient (Wildman–Crippen LogP) is -11.7. The summed E-state index contributed by atoms with van der Waals surface area (Å²) in [7, 11) is -22.1. The Hall–Kier alpha value is -1.48. The molecular formula is C36H56O40S4. The van der Waals surface area contributed by atoms with Crippen molar-refractivity contribution in [2.75, 3.05) is 39.6 Å². The highest BCUT2D eigenvalue weighted by atomic mass is 32.3. The van der Waals surface area contributed by atoms with Crippen LogP contribution in [0.1, 0.15) is 0 Å². The number of hydrogen-bond donors (Lipinski definition) is 14. The lowest BCUT2D eigenvalue weighted by molar-refractivity contribution is -0.377. The molecule has 0 aromatic heterocycles. The van der Waals surface area contributed by atoms with E-state index < -0.39 is 259 Å². The molecule has 30 atom stereocenters. The van der Waals surface area contributed by atoms with E-state index in [9.17, 15) is 103 Å². The molecule has 9 aliphatic rings. The van der Waals surface area contributed by atoms with Crippen LogP contribution in [0, 0.1) is 0 Å². The van der Waals surface area contributed by atoms with E-state index in [1.54, 1.807) is 0 Å². The third-order valence-corrected chi connectivity index (χ3v) is 15.9. The van der Waals surface area contributed by atoms with E-state index in [-0.39, 0.29) is 6.61 Å². The van der Waals surface area contributed by atoms with Crippen molar-refractivity contribution in [2.45, 2.75) is 184 Å². The Morgan fingerprint density at radius 2 is 0.650 bits per heavy atom. The first-order chi connectivity index (χ1) is 37.4. The predicted molar refractivity (Wildman–Crippen MR) is 231 cm³/mol. The molecule has 0 saturated carbocycles. The van der Waals surface area contributed by atoms with Crippen LogP contribution >= 0.6 is 0 Å². The Morgan fingerprint density at radius 1 is 0.325 bits per heavy atom. The van der Waals surface area contributed by atoms with Gasteiger partial charge in [0, 0.05) is 0 Å². The van der Waals surface area contributed by atoms with Gasteiger partial charge in [-0.15, -0.1) is 0 Å². The van der Waals surface area contributed by atoms with Crippen molar-refractivity contribution in [1.29, 1.82) is 0 Å². The zero-order chi connectivity index (χ0) is 58.3. The van der Waals surface area contributed by atoms with Crippen molar-refractivity contribution in [3.63, 3.8) is 0 Å². The quantitative estimate of drug-likeness (QED) is 0.0475. The molecule has 0 aliphatic carbocycles. The second-order valence-electron chi connectivity index (χ2n) is 19.1. The van der Waals surface area contributed by atoms with Crippen LogP contribution < -0.4 is 0 Å². The summed E-state index contributed by atoms with van der Waals surface area (Å²) in [6, 6.07) is 0. The smallest absolute Gasteiger partial charge is 0.394 e. The van der Waals surface area contributed by atoms with Crippen molar-refractivity contribution >= 4 is 41.6 Å². The van der Waals surface area contributed by atoms with Crippen LogP contribution in [0.2, 0.25) is 0 Å². The van der Waals surface area contributed by atoms with Gasteiger partial charge in [0.05, 0.1) is 39.6 Å². The number of aliphatic hydroxyl groups excluding tert-OH is 10. The fraction of sp³-hybridized carbons (Fsp3) is 1.00. The minimum atomic E-state index is -5.67. The highest BCUT2D eigenvalue weighted by Gasteiger charge is 2.63. The van der Waals surface area contributed by atoms with Crippen LogP contribution in [0.4, 0.5) is 0 Å². The van der Waals surface area contributed by atoms with Gasteiger partial charge in [-0.05, 0) is 0 Å². The molecule has 80 heavy (non-hydrogen) atoms. The normalized spacial score (nSPS) is 49.0. The lowest BCUT2D eigenvalue weighted by Gasteiger charge is -2.48. The van der Waals surface area contributed by atoms with E-state index in [0.29, 0.717) is 0 Å². The molecule has 0 spiro atoms. The first-order valence-electron chi connectivity index (χ1n) is 23.6. The second kappa shape index (κ2) is 24.4. The molecule has 6 bridgehead atoms. The molecule has 0 amide bonds. The summed E-state index contributed by atoms with van der Waals surface area (Å²) in [5, 5.41) is 108. The molecule has 9 saturated heterocycles. The average molecular weight is 1260 g/mol. The van der Waals surface area contributed by atoms with Crippen LogP contribution in [-0.4, -0.2) is 327 Å². The lowest BCUT2D eigenvalue weighted by atomic mass is 9.96. The molecule has 44 heteroatoms. The highest BCUT2D eigenvalue weighted by Crippen LogP contribution is 2.43. The van der Waals surface area contributed by atoms with Crippen molar-refractivity contribution in [3.05, 3.63) is 0 Å². The van der Waals surface area contributed by atoms with Gasteiger partial charge >= 0.3 is 41.6 Å². The maximum Gasteiger partial charge on any atom is 0.397 e. The number of rotatable bonds is 21. The topological polar surface area (TPSA) is 586 Å². The molecule has 0 aromatic rings. The van der Waals surface area contributed by atoms with Gasteiger partial charge in [0.15, 0.2) is 43.8 Å². The van der Waals surface area contributed by atoms with E-state index in [1.165, 1.54) is 0 Å². The maximum absolute atomic E-state index is 12.5. The van der Waals surface area contributed by atoms with Crippen LogP contribution in [-0.2, 0) is 125 Å². The summed E-state index contributed by atoms with van der Waals surface area (Å²) in [5.41, 5.74) is 0. The molecular weight excluding hydrogens is 1200 g/mol. The van der Waals surface area contributed by atoms with Gasteiger partial charge in [-0.3, -0.25) is 18.2 Å². The maximum atomic E-state index is 12.5. The van der Waals surface area contributed by atoms with E-state index in [1.807, 2.05) is 0 Å². The van der Waals surface area contributed by atoms with E-state index in [4.69, 9.17) is 74.7 Å². The molecule has 0 radical (unpaired) electrons. The van der Waals surface area contributed by atoms with Gasteiger partial charge in [0.25, 0.3) is 0 Å². The third-order valence-electron chi connectivity index (χ3n) is 14.0. The molecule has 9 aliphatic heterocycles. The molecule has 9 heterocycles. The lowest BCUT2D eigenvalue weighted by Crippen LogP contribution is -2.67. The standard InChI is InChI=1S/C36H56O40S4/c37-1-7-21(73-77(47,48)49)26(14(41)31(46)62-7)70-33-16(43)25-19(11(66-33)5-60-25)68-34-18(45)28(23(9(3-39)63-34)75-79(53,54)55)72-36-30(76-80(56,57)58)29-20(12(67-36)6-61-29)69-35-17(44)27(22(8(2-38)64-35)74-78(50,51)52)71-32-15(42)24-13(40)10(65-32)4-59-24/h7-46H,1-6H2,(H,47,48,49)(H,50,51,52)(H,53,54,55)(H,56,57,58)/t7-,8-,9-,10-,11-,12-,13+,14-,15-,16-,17-,18-,19+,20+,21+,22+,23+,24+,25-,26-,27-,28-,29+,30-,31?,32-,33-,34+,35+,36-/m1/s1. The first-order valence-corrected chi connectivity index (χ1v) is 29.1. The van der Waals surface area contributed by atoms with Gasteiger partial charge in [-0.1, -0.05) is 0 Å². The molecule has 14 N–H and O–H groups in total. The number of ether oxygens (including phenoxy) is 14. The van der Waals surface area contributed by atoms with E-state index in [2.05, 4.69) is 8.37 Å². The summed E-state index contributed by atoms with van der Waals surface area (Å²) in [6.45, 7) is -4.89. The monoisotopic (exact) mass is 1260 g/mol. The van der Waals surface area contributed by atoms with Gasteiger partial charge in [-0.2, -0.15) is 33.7 Å². The highest BCUT2D eigenvalue weighted by molar-refractivity contribution is 7.81. The van der Waals surface area contributed by atoms with Crippen LogP contribution in [0.25, 0.3) is 0 Å². The summed E-state index contributed by atoms with van der Waals surface area (Å²) in [5.74, 6) is 0. The largest absolute Gasteiger partial charge is 0.397 e. The van der Waals surface area contributed by atoms with Gasteiger partial charge < -0.3 is 117 Å². The van der Waals surface area contributed by atoms with Crippen LogP contribution in [0.15, 0.2) is 0 Å². The van der Waals surface area contributed by atoms with Crippen LogP contribution in [0.5, 0.6) is 0 Å². The number of aliphatic hydroxyl groups is 10. The Morgan fingerprint density at radius 3 is 1.11 bits per heavy atom. The first kappa shape index (κ1) is 63.0. The molecule has 9 fully saturated rings. The van der Waals surface area contributed by atoms with Gasteiger partial charge in [0.1, 0.15) is 140 Å². The fourth-order valence-corrected chi connectivity index (χ4v) is 12.6. The summed E-state index contributed by atoms with van der Waals surface area (Å²) < 4.78 is 233. The Kier molecular flexibility index (Phi) is 19.2. The molecule has 40 nitrogen and oxygen atoms in total.